The van der Waals surface area contributed by atoms with E-state index in [4.69, 9.17) is 16.3 Å². The van der Waals surface area contributed by atoms with Gasteiger partial charge in [0.2, 0.25) is 0 Å². The maximum Gasteiger partial charge on any atom is 0.409 e. The summed E-state index contributed by atoms with van der Waals surface area (Å²) in [6, 6.07) is 10.8. The van der Waals surface area contributed by atoms with E-state index in [1.54, 1.807) is 52.0 Å². The lowest BCUT2D eigenvalue weighted by Crippen LogP contribution is -2.50. The Morgan fingerprint density at radius 3 is 2.42 bits per heavy atom. The summed E-state index contributed by atoms with van der Waals surface area (Å²) in [5.74, 6) is -0.248. The highest BCUT2D eigenvalue weighted by Crippen LogP contribution is 2.26. The first-order valence-electron chi connectivity index (χ1n) is 9.91. The van der Waals surface area contributed by atoms with Gasteiger partial charge in [-0.25, -0.2) is 9.48 Å². The van der Waals surface area contributed by atoms with Gasteiger partial charge in [-0.1, -0.05) is 16.8 Å². The van der Waals surface area contributed by atoms with E-state index < -0.39 is 0 Å². The minimum Gasteiger partial charge on any atom is -0.450 e. The van der Waals surface area contributed by atoms with Gasteiger partial charge >= 0.3 is 6.09 Å². The molecule has 160 valence electrons. The molecular weight excluding hydrogens is 420 g/mol. The standard InChI is InChI=1S/C21H21ClN6O3/c1-2-31-21(30)27-12-10-26(11-13-27)20(29)18-19(15-4-3-9-23-14-15)28(25-24-18)17-7-5-16(22)6-8-17/h3-9,14H,2,10-13H2,1H3. The summed E-state index contributed by atoms with van der Waals surface area (Å²) in [5.41, 5.74) is 2.22. The van der Waals surface area contributed by atoms with E-state index in [2.05, 4.69) is 15.3 Å². The number of carbonyl (C=O) groups excluding carboxylic acids is 2. The van der Waals surface area contributed by atoms with E-state index in [-0.39, 0.29) is 17.7 Å². The molecule has 1 aliphatic heterocycles. The Bertz CT molecular complexity index is 1060. The quantitative estimate of drug-likeness (QED) is 0.619. The topological polar surface area (TPSA) is 93.5 Å². The summed E-state index contributed by atoms with van der Waals surface area (Å²) in [6.07, 6.45) is 2.97. The molecule has 0 bridgehead atoms. The van der Waals surface area contributed by atoms with Crippen LogP contribution in [0, 0.1) is 0 Å². The number of hydrogen-bond acceptors (Lipinski definition) is 6. The molecular formula is C21H21ClN6O3. The fourth-order valence-corrected chi connectivity index (χ4v) is 3.53. The minimum atomic E-state index is -0.362. The lowest BCUT2D eigenvalue weighted by atomic mass is 10.1. The Balaban J connectivity index is 1.63. The van der Waals surface area contributed by atoms with E-state index in [9.17, 15) is 9.59 Å². The smallest absolute Gasteiger partial charge is 0.409 e. The number of halogens is 1. The molecule has 1 saturated heterocycles. The van der Waals surface area contributed by atoms with E-state index >= 15 is 0 Å². The van der Waals surface area contributed by atoms with Gasteiger partial charge in [-0.2, -0.15) is 0 Å². The summed E-state index contributed by atoms with van der Waals surface area (Å²) in [5, 5.41) is 9.05. The van der Waals surface area contributed by atoms with Crippen molar-refractivity contribution in [2.24, 2.45) is 0 Å². The van der Waals surface area contributed by atoms with Crippen molar-refractivity contribution in [1.29, 1.82) is 0 Å². The normalized spacial score (nSPS) is 13.9. The summed E-state index contributed by atoms with van der Waals surface area (Å²) < 4.78 is 6.65. The molecule has 0 N–H and O–H groups in total. The number of carbonyl (C=O) groups is 2. The van der Waals surface area contributed by atoms with Crippen molar-refractivity contribution in [2.75, 3.05) is 32.8 Å². The summed E-state index contributed by atoms with van der Waals surface area (Å²) >= 11 is 6.01. The molecule has 0 saturated carbocycles. The van der Waals surface area contributed by atoms with Gasteiger partial charge in [0.05, 0.1) is 12.3 Å². The van der Waals surface area contributed by atoms with Gasteiger partial charge < -0.3 is 14.5 Å². The zero-order valence-corrected chi connectivity index (χ0v) is 17.7. The second-order valence-electron chi connectivity index (χ2n) is 6.89. The fraction of sp³-hybridized carbons (Fsp3) is 0.286. The van der Waals surface area contributed by atoms with Crippen molar-refractivity contribution in [3.63, 3.8) is 0 Å². The lowest BCUT2D eigenvalue weighted by molar-refractivity contribution is 0.0566. The second kappa shape index (κ2) is 9.13. The van der Waals surface area contributed by atoms with Crippen molar-refractivity contribution in [3.05, 3.63) is 59.5 Å². The van der Waals surface area contributed by atoms with Gasteiger partial charge in [0.25, 0.3) is 5.91 Å². The number of piperazine rings is 1. The SMILES string of the molecule is CCOC(=O)N1CCN(C(=O)c2nnn(-c3ccc(Cl)cc3)c2-c2cccnc2)CC1. The zero-order chi connectivity index (χ0) is 21.8. The van der Waals surface area contributed by atoms with Crippen LogP contribution in [0.15, 0.2) is 48.8 Å². The summed E-state index contributed by atoms with van der Waals surface area (Å²) in [4.78, 5) is 32.7. The Morgan fingerprint density at radius 2 is 1.77 bits per heavy atom. The molecule has 1 aromatic carbocycles. The van der Waals surface area contributed by atoms with Crippen LogP contribution in [0.3, 0.4) is 0 Å². The van der Waals surface area contributed by atoms with E-state index in [1.165, 1.54) is 0 Å². The molecule has 1 fully saturated rings. The molecule has 0 aliphatic carbocycles. The van der Waals surface area contributed by atoms with Crippen molar-refractivity contribution in [3.8, 4) is 16.9 Å². The highest BCUT2D eigenvalue weighted by atomic mass is 35.5. The summed E-state index contributed by atoms with van der Waals surface area (Å²) in [7, 11) is 0. The van der Waals surface area contributed by atoms with Crippen LogP contribution in [0.25, 0.3) is 16.9 Å². The van der Waals surface area contributed by atoms with Gasteiger partial charge in [-0.15, -0.1) is 5.10 Å². The van der Waals surface area contributed by atoms with Crippen LogP contribution in [0.5, 0.6) is 0 Å². The molecule has 10 heteroatoms. The van der Waals surface area contributed by atoms with Crippen LogP contribution in [-0.4, -0.2) is 74.6 Å². The number of nitrogens with zero attached hydrogens (tertiary/aromatic N) is 6. The predicted octanol–water partition coefficient (Wildman–Crippen LogP) is 2.90. The maximum atomic E-state index is 13.3. The van der Waals surface area contributed by atoms with E-state index in [0.29, 0.717) is 43.5 Å². The van der Waals surface area contributed by atoms with Crippen molar-refractivity contribution in [2.45, 2.75) is 6.92 Å². The van der Waals surface area contributed by atoms with Crippen molar-refractivity contribution < 1.29 is 14.3 Å². The van der Waals surface area contributed by atoms with Crippen LogP contribution < -0.4 is 0 Å². The van der Waals surface area contributed by atoms with E-state index in [0.717, 1.165) is 11.3 Å². The third-order valence-electron chi connectivity index (χ3n) is 4.97. The highest BCUT2D eigenvalue weighted by Gasteiger charge is 2.30. The zero-order valence-electron chi connectivity index (χ0n) is 16.9. The number of pyridine rings is 1. The average molecular weight is 441 g/mol. The minimum absolute atomic E-state index is 0.229. The largest absolute Gasteiger partial charge is 0.450 e. The van der Waals surface area contributed by atoms with Gasteiger partial charge in [0, 0.05) is 49.2 Å². The number of benzene rings is 1. The molecule has 31 heavy (non-hydrogen) atoms. The monoisotopic (exact) mass is 440 g/mol. The number of ether oxygens (including phenoxy) is 1. The number of rotatable bonds is 4. The molecule has 0 atom stereocenters. The molecule has 4 rings (SSSR count). The molecule has 2 aromatic heterocycles. The third-order valence-corrected chi connectivity index (χ3v) is 5.22. The van der Waals surface area contributed by atoms with Gasteiger partial charge in [0.15, 0.2) is 5.69 Å². The first-order valence-corrected chi connectivity index (χ1v) is 10.3. The van der Waals surface area contributed by atoms with Gasteiger partial charge in [0.1, 0.15) is 5.69 Å². The number of hydrogen-bond donors (Lipinski definition) is 0. The first-order chi connectivity index (χ1) is 15.1. The van der Waals surface area contributed by atoms with Gasteiger partial charge in [-0.3, -0.25) is 9.78 Å². The molecule has 1 aliphatic rings. The number of aromatic nitrogens is 4. The Morgan fingerprint density at radius 1 is 1.06 bits per heavy atom. The average Bonchev–Trinajstić information content (AvgIpc) is 3.25. The van der Waals surface area contributed by atoms with Crippen LogP contribution in [0.2, 0.25) is 5.02 Å². The molecule has 0 spiro atoms. The predicted molar refractivity (Wildman–Crippen MR) is 114 cm³/mol. The van der Waals surface area contributed by atoms with Crippen LogP contribution >= 0.6 is 11.6 Å². The highest BCUT2D eigenvalue weighted by molar-refractivity contribution is 6.30. The van der Waals surface area contributed by atoms with Crippen LogP contribution in [-0.2, 0) is 4.74 Å². The summed E-state index contributed by atoms with van der Waals surface area (Å²) in [6.45, 7) is 3.66. The molecule has 2 amide bonds. The Kier molecular flexibility index (Phi) is 6.13. The maximum absolute atomic E-state index is 13.3. The van der Waals surface area contributed by atoms with Crippen LogP contribution in [0.1, 0.15) is 17.4 Å². The Hall–Kier alpha value is -3.46. The van der Waals surface area contributed by atoms with E-state index in [1.807, 2.05) is 18.2 Å². The number of amides is 2. The van der Waals surface area contributed by atoms with Crippen LogP contribution in [0.4, 0.5) is 4.79 Å². The van der Waals surface area contributed by atoms with Crippen molar-refractivity contribution >= 4 is 23.6 Å². The molecule has 3 heterocycles. The fourth-order valence-electron chi connectivity index (χ4n) is 3.41. The van der Waals surface area contributed by atoms with Gasteiger partial charge in [-0.05, 0) is 43.3 Å². The lowest BCUT2D eigenvalue weighted by Gasteiger charge is -2.33. The molecule has 9 nitrogen and oxygen atoms in total. The van der Waals surface area contributed by atoms with Crippen molar-refractivity contribution in [1.82, 2.24) is 29.8 Å². The molecule has 3 aromatic rings. The third kappa shape index (κ3) is 4.36. The second-order valence-corrected chi connectivity index (χ2v) is 7.33. The Labute approximate surface area is 184 Å². The molecule has 0 unspecified atom stereocenters. The molecule has 0 radical (unpaired) electrons. The first kappa shape index (κ1) is 20.8.